The molecular formula is C7H2Cl2N2O2S. The number of hydrogen-bond acceptors (Lipinski definition) is 4. The van der Waals surface area contributed by atoms with E-state index in [4.69, 9.17) is 23.2 Å². The van der Waals surface area contributed by atoms with Crippen LogP contribution in [0.3, 0.4) is 0 Å². The maximum absolute atomic E-state index is 10.6. The molecule has 0 saturated carbocycles. The lowest BCUT2D eigenvalue weighted by atomic mass is 10.3. The van der Waals surface area contributed by atoms with Gasteiger partial charge >= 0.3 is 0 Å². The van der Waals surface area contributed by atoms with Crippen molar-refractivity contribution in [1.29, 1.82) is 0 Å². The minimum atomic E-state index is -0.505. The fraction of sp³-hybridized carbons (Fsp3) is 0. The van der Waals surface area contributed by atoms with Gasteiger partial charge in [0.1, 0.15) is 0 Å². The van der Waals surface area contributed by atoms with Crippen LogP contribution in [-0.2, 0) is 0 Å². The van der Waals surface area contributed by atoms with Gasteiger partial charge in [-0.1, -0.05) is 23.2 Å². The van der Waals surface area contributed by atoms with Crippen LogP contribution in [0, 0.1) is 10.1 Å². The molecule has 0 N–H and O–H groups in total. The molecular weight excluding hydrogens is 247 g/mol. The molecule has 1 aromatic carbocycles. The summed E-state index contributed by atoms with van der Waals surface area (Å²) in [6, 6.07) is 2.79. The highest BCUT2D eigenvalue weighted by atomic mass is 35.5. The highest BCUT2D eigenvalue weighted by Gasteiger charge is 2.17. The first-order chi connectivity index (χ1) is 6.59. The summed E-state index contributed by atoms with van der Waals surface area (Å²) in [6.45, 7) is 0. The van der Waals surface area contributed by atoms with E-state index in [0.29, 0.717) is 9.72 Å². The van der Waals surface area contributed by atoms with Gasteiger partial charge in [0.05, 0.1) is 14.6 Å². The van der Waals surface area contributed by atoms with Gasteiger partial charge in [0.2, 0.25) is 0 Å². The van der Waals surface area contributed by atoms with E-state index in [1.165, 1.54) is 12.1 Å². The first kappa shape index (κ1) is 9.64. The molecule has 4 nitrogen and oxygen atoms in total. The van der Waals surface area contributed by atoms with Gasteiger partial charge in [-0.25, -0.2) is 4.98 Å². The standard InChI is InChI=1S/C7H2Cl2N2O2S/c8-3-1-2-4(11(12)13)5-6(3)14-7(9)10-5/h1-2H. The SMILES string of the molecule is O=[N+]([O-])c1ccc(Cl)c2sc(Cl)nc12. The molecule has 0 saturated heterocycles. The van der Waals surface area contributed by atoms with Gasteiger partial charge in [-0.15, -0.1) is 11.3 Å². The Morgan fingerprint density at radius 3 is 2.79 bits per heavy atom. The van der Waals surface area contributed by atoms with Crippen LogP contribution in [0.5, 0.6) is 0 Å². The average Bonchev–Trinajstić information content (AvgIpc) is 2.47. The van der Waals surface area contributed by atoms with E-state index in [2.05, 4.69) is 4.98 Å². The van der Waals surface area contributed by atoms with Gasteiger partial charge in [0.25, 0.3) is 5.69 Å². The van der Waals surface area contributed by atoms with Crippen LogP contribution in [0.1, 0.15) is 0 Å². The Morgan fingerprint density at radius 1 is 1.43 bits per heavy atom. The quantitative estimate of drug-likeness (QED) is 0.573. The second-order valence-electron chi connectivity index (χ2n) is 2.47. The Labute approximate surface area is 92.2 Å². The molecule has 2 rings (SSSR count). The number of thiazole rings is 1. The molecule has 0 unspecified atom stereocenters. The number of hydrogen-bond donors (Lipinski definition) is 0. The third-order valence-corrected chi connectivity index (χ3v) is 3.26. The lowest BCUT2D eigenvalue weighted by Gasteiger charge is -1.93. The van der Waals surface area contributed by atoms with Gasteiger partial charge in [0, 0.05) is 6.07 Å². The highest BCUT2D eigenvalue weighted by molar-refractivity contribution is 7.22. The number of nitrogens with zero attached hydrogens (tertiary/aromatic N) is 2. The summed E-state index contributed by atoms with van der Waals surface area (Å²) in [4.78, 5) is 14.0. The maximum atomic E-state index is 10.6. The van der Waals surface area contributed by atoms with Crippen molar-refractivity contribution in [2.45, 2.75) is 0 Å². The van der Waals surface area contributed by atoms with E-state index in [0.717, 1.165) is 11.3 Å². The fourth-order valence-electron chi connectivity index (χ4n) is 1.08. The zero-order chi connectivity index (χ0) is 10.3. The van der Waals surface area contributed by atoms with Crippen LogP contribution >= 0.6 is 34.5 Å². The number of fused-ring (bicyclic) bond motifs is 1. The fourth-order valence-corrected chi connectivity index (χ4v) is 2.39. The third kappa shape index (κ3) is 1.43. The van der Waals surface area contributed by atoms with Gasteiger partial charge < -0.3 is 0 Å². The summed E-state index contributed by atoms with van der Waals surface area (Å²) in [5.74, 6) is 0. The number of rotatable bonds is 1. The number of halogens is 2. The number of benzene rings is 1. The molecule has 1 heterocycles. The van der Waals surface area contributed by atoms with Crippen LogP contribution < -0.4 is 0 Å². The molecule has 0 fully saturated rings. The molecule has 7 heteroatoms. The minimum absolute atomic E-state index is 0.0763. The molecule has 0 aliphatic carbocycles. The van der Waals surface area contributed by atoms with Crippen molar-refractivity contribution in [1.82, 2.24) is 4.98 Å². The van der Waals surface area contributed by atoms with Gasteiger partial charge in [0.15, 0.2) is 9.98 Å². The van der Waals surface area contributed by atoms with E-state index >= 15 is 0 Å². The van der Waals surface area contributed by atoms with Crippen molar-refractivity contribution < 1.29 is 4.92 Å². The topological polar surface area (TPSA) is 56.0 Å². The highest BCUT2D eigenvalue weighted by Crippen LogP contribution is 2.36. The second-order valence-corrected chi connectivity index (χ2v) is 4.46. The molecule has 0 atom stereocenters. The van der Waals surface area contributed by atoms with E-state index in [-0.39, 0.29) is 15.7 Å². The van der Waals surface area contributed by atoms with E-state index < -0.39 is 4.92 Å². The Balaban J connectivity index is 2.87. The lowest BCUT2D eigenvalue weighted by Crippen LogP contribution is -1.88. The number of nitro groups is 1. The van der Waals surface area contributed by atoms with Crippen LogP contribution in [0.2, 0.25) is 9.49 Å². The molecule has 0 radical (unpaired) electrons. The third-order valence-electron chi connectivity index (χ3n) is 1.64. The predicted octanol–water partition coefficient (Wildman–Crippen LogP) is 3.51. The van der Waals surface area contributed by atoms with Crippen molar-refractivity contribution in [3.63, 3.8) is 0 Å². The van der Waals surface area contributed by atoms with E-state index in [1.807, 2.05) is 0 Å². The largest absolute Gasteiger partial charge is 0.296 e. The lowest BCUT2D eigenvalue weighted by molar-refractivity contribution is -0.383. The van der Waals surface area contributed by atoms with Crippen molar-refractivity contribution in [2.24, 2.45) is 0 Å². The summed E-state index contributed by atoms with van der Waals surface area (Å²) in [5.41, 5.74) is 0.171. The van der Waals surface area contributed by atoms with Crippen molar-refractivity contribution in [3.8, 4) is 0 Å². The molecule has 0 amide bonds. The van der Waals surface area contributed by atoms with E-state index in [9.17, 15) is 10.1 Å². The molecule has 0 aliphatic heterocycles. The first-order valence-electron chi connectivity index (χ1n) is 3.48. The number of non-ortho nitro benzene ring substituents is 1. The summed E-state index contributed by atoms with van der Waals surface area (Å²) in [5, 5.41) is 11.0. The first-order valence-corrected chi connectivity index (χ1v) is 5.06. The monoisotopic (exact) mass is 248 g/mol. The van der Waals surface area contributed by atoms with E-state index in [1.54, 1.807) is 0 Å². The Bertz CT molecular complexity index is 526. The summed E-state index contributed by atoms with van der Waals surface area (Å²) in [7, 11) is 0. The summed E-state index contributed by atoms with van der Waals surface area (Å²) < 4.78 is 0.794. The molecule has 0 aliphatic rings. The zero-order valence-corrected chi connectivity index (χ0v) is 8.86. The predicted molar refractivity (Wildman–Crippen MR) is 56.3 cm³/mol. The van der Waals surface area contributed by atoms with Crippen LogP contribution in [0.25, 0.3) is 10.2 Å². The van der Waals surface area contributed by atoms with Crippen LogP contribution in [-0.4, -0.2) is 9.91 Å². The normalized spacial score (nSPS) is 10.7. The van der Waals surface area contributed by atoms with Gasteiger partial charge in [-0.05, 0) is 6.07 Å². The Morgan fingerprint density at radius 2 is 2.14 bits per heavy atom. The summed E-state index contributed by atoms with van der Waals surface area (Å²) in [6.07, 6.45) is 0. The summed E-state index contributed by atoms with van der Waals surface area (Å²) >= 11 is 12.6. The van der Waals surface area contributed by atoms with Crippen LogP contribution in [0.4, 0.5) is 5.69 Å². The van der Waals surface area contributed by atoms with Gasteiger partial charge in [-0.2, -0.15) is 0 Å². The van der Waals surface area contributed by atoms with Crippen molar-refractivity contribution in [2.75, 3.05) is 0 Å². The van der Waals surface area contributed by atoms with Crippen molar-refractivity contribution >= 4 is 50.4 Å². The second kappa shape index (κ2) is 3.34. The minimum Gasteiger partial charge on any atom is -0.258 e. The molecule has 2 aromatic rings. The Hall–Kier alpha value is -0.910. The molecule has 72 valence electrons. The van der Waals surface area contributed by atoms with Crippen molar-refractivity contribution in [3.05, 3.63) is 31.7 Å². The smallest absolute Gasteiger partial charge is 0.258 e. The maximum Gasteiger partial charge on any atom is 0.296 e. The molecule has 0 spiro atoms. The average molecular weight is 249 g/mol. The van der Waals surface area contributed by atoms with Gasteiger partial charge in [-0.3, -0.25) is 10.1 Å². The van der Waals surface area contributed by atoms with Crippen LogP contribution in [0.15, 0.2) is 12.1 Å². The molecule has 1 aromatic heterocycles. The zero-order valence-electron chi connectivity index (χ0n) is 6.53. The number of nitro benzene ring substituents is 1. The number of aromatic nitrogens is 1. The molecule has 14 heavy (non-hydrogen) atoms. The Kier molecular flexibility index (Phi) is 2.30. The molecule has 0 bridgehead atoms.